The van der Waals surface area contributed by atoms with Gasteiger partial charge in [-0.3, -0.25) is 0 Å². The smallest absolute Gasteiger partial charge is 0.162 e. The Kier molecular flexibility index (Phi) is 7.81. The topological polar surface area (TPSA) is 71.0 Å². The Morgan fingerprint density at radius 1 is 1.08 bits per heavy atom. The zero-order chi connectivity index (χ0) is 18.8. The lowest BCUT2D eigenvalue weighted by Gasteiger charge is -2.18. The Morgan fingerprint density at radius 3 is 2.38 bits per heavy atom. The van der Waals surface area contributed by atoms with Gasteiger partial charge in [-0.05, 0) is 43.2 Å². The van der Waals surface area contributed by atoms with Gasteiger partial charge in [0.05, 0.1) is 0 Å². The maximum absolute atomic E-state index is 10.1. The van der Waals surface area contributed by atoms with Gasteiger partial charge in [0, 0.05) is 12.6 Å². The van der Waals surface area contributed by atoms with Crippen LogP contribution in [0.25, 0.3) is 0 Å². The summed E-state index contributed by atoms with van der Waals surface area (Å²) < 4.78 is 11.1. The van der Waals surface area contributed by atoms with Gasteiger partial charge in [-0.25, -0.2) is 0 Å². The fourth-order valence-corrected chi connectivity index (χ4v) is 2.45. The maximum Gasteiger partial charge on any atom is 0.162 e. The van der Waals surface area contributed by atoms with Crippen molar-refractivity contribution < 1.29 is 19.7 Å². The van der Waals surface area contributed by atoms with E-state index in [1.807, 2.05) is 31.2 Å². The molecule has 2 unspecified atom stereocenters. The van der Waals surface area contributed by atoms with Gasteiger partial charge in [0.2, 0.25) is 0 Å². The van der Waals surface area contributed by atoms with E-state index in [0.29, 0.717) is 18.0 Å². The zero-order valence-corrected chi connectivity index (χ0v) is 14.9. The number of aliphatic hydroxyl groups is 1. The second-order valence-corrected chi connectivity index (χ2v) is 6.08. The molecule has 0 aromatic heterocycles. The summed E-state index contributed by atoms with van der Waals surface area (Å²) in [6.45, 7) is 2.77. The maximum atomic E-state index is 10.1. The van der Waals surface area contributed by atoms with E-state index >= 15 is 0 Å². The first-order chi connectivity index (χ1) is 12.6. The number of phenols is 1. The Balaban J connectivity index is 1.74. The van der Waals surface area contributed by atoms with Crippen LogP contribution in [0, 0.1) is 12.3 Å². The molecule has 2 aromatic carbocycles. The summed E-state index contributed by atoms with van der Waals surface area (Å²) in [6, 6.07) is 14.5. The molecule has 0 saturated heterocycles. The molecule has 0 aliphatic carbocycles. The molecule has 2 atom stereocenters. The number of hydrogen-bond donors (Lipinski definition) is 3. The second kappa shape index (κ2) is 10.3. The summed E-state index contributed by atoms with van der Waals surface area (Å²) in [5.41, 5.74) is 1.12. The standard InChI is InChI=1S/C21H25NO4/c1-3-12-25-20-6-4-5-7-21(20)26-15-19(24)14-22-16(2)13-17-8-10-18(23)11-9-17/h1,4-11,16,19,22-24H,12-15H2,2H3. The number of nitrogens with one attached hydrogen (secondary N) is 1. The quantitative estimate of drug-likeness (QED) is 0.571. The van der Waals surface area contributed by atoms with Gasteiger partial charge in [-0.2, -0.15) is 0 Å². The van der Waals surface area contributed by atoms with Crippen LogP contribution in [0.5, 0.6) is 17.2 Å². The highest BCUT2D eigenvalue weighted by Crippen LogP contribution is 2.26. The molecule has 3 N–H and O–H groups in total. The van der Waals surface area contributed by atoms with Crippen molar-refractivity contribution in [3.63, 3.8) is 0 Å². The number of hydrogen-bond acceptors (Lipinski definition) is 5. The molecule has 138 valence electrons. The van der Waals surface area contributed by atoms with E-state index < -0.39 is 6.10 Å². The number of para-hydroxylation sites is 2. The minimum Gasteiger partial charge on any atom is -0.508 e. The van der Waals surface area contributed by atoms with Crippen LogP contribution in [0.4, 0.5) is 0 Å². The molecule has 0 heterocycles. The van der Waals surface area contributed by atoms with Gasteiger partial charge < -0.3 is 25.0 Å². The fourth-order valence-electron chi connectivity index (χ4n) is 2.45. The summed E-state index contributed by atoms with van der Waals surface area (Å²) >= 11 is 0. The average molecular weight is 355 g/mol. The van der Waals surface area contributed by atoms with Crippen molar-refractivity contribution in [2.45, 2.75) is 25.5 Å². The minimum absolute atomic E-state index is 0.148. The highest BCUT2D eigenvalue weighted by Gasteiger charge is 2.11. The van der Waals surface area contributed by atoms with Crippen molar-refractivity contribution in [3.8, 4) is 29.6 Å². The van der Waals surface area contributed by atoms with Crippen LogP contribution < -0.4 is 14.8 Å². The van der Waals surface area contributed by atoms with Crippen LogP contribution in [0.1, 0.15) is 12.5 Å². The third-order valence-electron chi connectivity index (χ3n) is 3.77. The highest BCUT2D eigenvalue weighted by molar-refractivity contribution is 5.39. The molecule has 2 aromatic rings. The Bertz CT molecular complexity index is 709. The van der Waals surface area contributed by atoms with E-state index in [1.54, 1.807) is 24.3 Å². The minimum atomic E-state index is -0.655. The van der Waals surface area contributed by atoms with Gasteiger partial charge in [0.15, 0.2) is 11.5 Å². The van der Waals surface area contributed by atoms with Crippen LogP contribution in [-0.2, 0) is 6.42 Å². The molecule has 0 spiro atoms. The molecule has 2 rings (SSSR count). The van der Waals surface area contributed by atoms with Gasteiger partial charge in [0.1, 0.15) is 25.1 Å². The normalized spacial score (nSPS) is 12.8. The van der Waals surface area contributed by atoms with Crippen molar-refractivity contribution in [2.75, 3.05) is 19.8 Å². The Hall–Kier alpha value is -2.68. The summed E-state index contributed by atoms with van der Waals surface area (Å²) in [4.78, 5) is 0. The number of aromatic hydroxyl groups is 1. The predicted octanol–water partition coefficient (Wildman–Crippen LogP) is 2.36. The van der Waals surface area contributed by atoms with E-state index in [2.05, 4.69) is 11.2 Å². The number of rotatable bonds is 10. The zero-order valence-electron chi connectivity index (χ0n) is 14.9. The molecular formula is C21H25NO4. The second-order valence-electron chi connectivity index (χ2n) is 6.08. The van der Waals surface area contributed by atoms with Crippen LogP contribution >= 0.6 is 0 Å². The molecular weight excluding hydrogens is 330 g/mol. The molecule has 0 bridgehead atoms. The van der Waals surface area contributed by atoms with Crippen molar-refractivity contribution in [3.05, 3.63) is 54.1 Å². The molecule has 0 radical (unpaired) electrons. The van der Waals surface area contributed by atoms with Crippen LogP contribution in [0.3, 0.4) is 0 Å². The van der Waals surface area contributed by atoms with Crippen molar-refractivity contribution >= 4 is 0 Å². The predicted molar refractivity (Wildman–Crippen MR) is 102 cm³/mol. The largest absolute Gasteiger partial charge is 0.508 e. The lowest BCUT2D eigenvalue weighted by molar-refractivity contribution is 0.102. The van der Waals surface area contributed by atoms with Gasteiger partial charge >= 0.3 is 0 Å². The van der Waals surface area contributed by atoms with E-state index in [0.717, 1.165) is 12.0 Å². The van der Waals surface area contributed by atoms with Gasteiger partial charge in [-0.15, -0.1) is 6.42 Å². The lowest BCUT2D eigenvalue weighted by Crippen LogP contribution is -2.37. The Labute approximate surface area is 154 Å². The molecule has 0 aliphatic rings. The number of terminal acetylenes is 1. The first-order valence-corrected chi connectivity index (χ1v) is 8.56. The molecule has 0 saturated carbocycles. The van der Waals surface area contributed by atoms with Crippen molar-refractivity contribution in [1.82, 2.24) is 5.32 Å². The van der Waals surface area contributed by atoms with Crippen molar-refractivity contribution in [1.29, 1.82) is 0 Å². The fraction of sp³-hybridized carbons (Fsp3) is 0.333. The number of benzene rings is 2. The SMILES string of the molecule is C#CCOc1ccccc1OCC(O)CNC(C)Cc1ccc(O)cc1. The molecule has 5 heteroatoms. The molecule has 26 heavy (non-hydrogen) atoms. The van der Waals surface area contributed by atoms with Crippen molar-refractivity contribution in [2.24, 2.45) is 0 Å². The van der Waals surface area contributed by atoms with Gasteiger partial charge in [-0.1, -0.05) is 30.2 Å². The molecule has 0 amide bonds. The molecule has 0 fully saturated rings. The molecule has 5 nitrogen and oxygen atoms in total. The first kappa shape index (κ1) is 19.6. The summed E-state index contributed by atoms with van der Waals surface area (Å²) in [7, 11) is 0. The molecule has 0 aliphatic heterocycles. The summed E-state index contributed by atoms with van der Waals surface area (Å²) in [5.74, 6) is 3.79. The van der Waals surface area contributed by atoms with Crippen LogP contribution in [0.2, 0.25) is 0 Å². The number of aliphatic hydroxyl groups excluding tert-OH is 1. The van der Waals surface area contributed by atoms with E-state index in [9.17, 15) is 10.2 Å². The van der Waals surface area contributed by atoms with E-state index in [1.165, 1.54) is 0 Å². The third-order valence-corrected chi connectivity index (χ3v) is 3.77. The van der Waals surface area contributed by atoms with E-state index in [4.69, 9.17) is 15.9 Å². The van der Waals surface area contributed by atoms with E-state index in [-0.39, 0.29) is 25.0 Å². The number of ether oxygens (including phenoxy) is 2. The van der Waals surface area contributed by atoms with Crippen LogP contribution in [0.15, 0.2) is 48.5 Å². The Morgan fingerprint density at radius 2 is 1.73 bits per heavy atom. The summed E-state index contributed by atoms with van der Waals surface area (Å²) in [5, 5.41) is 22.7. The average Bonchev–Trinajstić information content (AvgIpc) is 2.65. The first-order valence-electron chi connectivity index (χ1n) is 8.56. The van der Waals surface area contributed by atoms with Crippen LogP contribution in [-0.4, -0.2) is 42.1 Å². The third kappa shape index (κ3) is 6.67. The number of phenolic OH excluding ortho intramolecular Hbond substituents is 1. The lowest BCUT2D eigenvalue weighted by atomic mass is 10.1. The van der Waals surface area contributed by atoms with Gasteiger partial charge in [0.25, 0.3) is 0 Å². The summed E-state index contributed by atoms with van der Waals surface area (Å²) in [6.07, 6.45) is 5.35. The highest BCUT2D eigenvalue weighted by atomic mass is 16.5. The monoisotopic (exact) mass is 355 g/mol.